The van der Waals surface area contributed by atoms with Gasteiger partial charge >= 0.3 is 0 Å². The summed E-state index contributed by atoms with van der Waals surface area (Å²) in [5, 5.41) is 7.35. The second-order valence-electron chi connectivity index (χ2n) is 16.2. The lowest BCUT2D eigenvalue weighted by Crippen LogP contribution is -2.67. The van der Waals surface area contributed by atoms with Crippen molar-refractivity contribution >= 4 is 35.0 Å². The summed E-state index contributed by atoms with van der Waals surface area (Å²) < 4.78 is 11.9. The van der Waals surface area contributed by atoms with Crippen molar-refractivity contribution < 1.29 is 19.1 Å². The number of halogens is 2. The third-order valence-corrected chi connectivity index (χ3v) is 13.7. The van der Waals surface area contributed by atoms with E-state index in [2.05, 4.69) is 32.6 Å². The predicted octanol–water partition coefficient (Wildman–Crippen LogP) is 6.56. The molecule has 0 bridgehead atoms. The number of carbonyl (C=O) groups excluding carboxylic acids is 2. The summed E-state index contributed by atoms with van der Waals surface area (Å²) in [6.07, 6.45) is 5.95. The van der Waals surface area contributed by atoms with Gasteiger partial charge in [-0.2, -0.15) is 0 Å². The highest BCUT2D eigenvalue weighted by Gasteiger charge is 2.52. The first-order valence-electron chi connectivity index (χ1n) is 19.0. The second kappa shape index (κ2) is 12.7. The number of ether oxygens (including phenoxy) is 2. The van der Waals surface area contributed by atoms with E-state index in [9.17, 15) is 9.59 Å². The van der Waals surface area contributed by atoms with Crippen LogP contribution >= 0.6 is 23.2 Å². The van der Waals surface area contributed by atoms with E-state index < -0.39 is 0 Å². The van der Waals surface area contributed by atoms with Crippen LogP contribution in [0.3, 0.4) is 0 Å². The van der Waals surface area contributed by atoms with Crippen LogP contribution in [-0.2, 0) is 22.4 Å². The summed E-state index contributed by atoms with van der Waals surface area (Å²) in [6.45, 7) is 4.29. The van der Waals surface area contributed by atoms with Gasteiger partial charge in [-0.25, -0.2) is 9.97 Å². The Kier molecular flexibility index (Phi) is 8.04. The maximum Gasteiger partial charge on any atom is 0.220 e. The lowest BCUT2D eigenvalue weighted by molar-refractivity contribution is -0.121. The molecule has 54 heavy (non-hydrogen) atoms. The van der Waals surface area contributed by atoms with E-state index in [0.717, 1.165) is 110 Å². The van der Waals surface area contributed by atoms with Crippen LogP contribution in [0.25, 0.3) is 33.6 Å². The fourth-order valence-corrected chi connectivity index (χ4v) is 11.0. The first-order chi connectivity index (χ1) is 26.2. The Labute approximate surface area is 324 Å². The van der Waals surface area contributed by atoms with Gasteiger partial charge in [0.2, 0.25) is 23.6 Å². The van der Waals surface area contributed by atoms with Crippen LogP contribution in [0.15, 0.2) is 48.5 Å². The Morgan fingerprint density at radius 3 is 1.70 bits per heavy atom. The number of benzene rings is 2. The van der Waals surface area contributed by atoms with Crippen molar-refractivity contribution in [3.8, 4) is 45.4 Å². The zero-order valence-electron chi connectivity index (χ0n) is 30.4. The number of likely N-dealkylation sites (tertiary alicyclic amines) is 2. The number of methoxy groups -OCH3 is 2. The predicted molar refractivity (Wildman–Crippen MR) is 207 cm³/mol. The van der Waals surface area contributed by atoms with Gasteiger partial charge in [0.1, 0.15) is 0 Å². The number of nitrogens with zero attached hydrogens (tertiary/aromatic N) is 4. The van der Waals surface area contributed by atoms with Crippen LogP contribution in [0, 0.1) is 5.41 Å². The maximum absolute atomic E-state index is 11.9. The molecule has 2 amide bonds. The largest absolute Gasteiger partial charge is 0.481 e. The van der Waals surface area contributed by atoms with Crippen LogP contribution in [0.4, 0.5) is 0 Å². The Hall–Kier alpha value is -4.22. The first kappa shape index (κ1) is 34.3. The highest BCUT2D eigenvalue weighted by Crippen LogP contribution is 2.51. The van der Waals surface area contributed by atoms with Gasteiger partial charge in [-0.05, 0) is 55.4 Å². The van der Waals surface area contributed by atoms with E-state index in [1.165, 1.54) is 11.1 Å². The van der Waals surface area contributed by atoms with Crippen LogP contribution in [-0.4, -0.2) is 84.1 Å². The Bertz CT molecular complexity index is 2090. The second-order valence-corrected chi connectivity index (χ2v) is 17.0. The summed E-state index contributed by atoms with van der Waals surface area (Å²) in [5.74, 6) is 1.57. The summed E-state index contributed by atoms with van der Waals surface area (Å²) >= 11 is 14.6. The van der Waals surface area contributed by atoms with Gasteiger partial charge in [-0.1, -0.05) is 59.6 Å². The fourth-order valence-electron chi connectivity index (χ4n) is 10.3. The molecule has 1 unspecified atom stereocenters. The van der Waals surface area contributed by atoms with E-state index in [4.69, 9.17) is 42.6 Å². The zero-order valence-corrected chi connectivity index (χ0v) is 31.9. The molecule has 2 atom stereocenters. The van der Waals surface area contributed by atoms with Crippen molar-refractivity contribution in [2.45, 2.75) is 62.6 Å². The zero-order chi connectivity index (χ0) is 36.9. The number of fused-ring (bicyclic) bond motifs is 2. The molecule has 2 N–H and O–H groups in total. The third kappa shape index (κ3) is 5.35. The Morgan fingerprint density at radius 1 is 0.722 bits per heavy atom. The van der Waals surface area contributed by atoms with Crippen molar-refractivity contribution in [2.75, 3.05) is 46.9 Å². The van der Waals surface area contributed by atoms with Gasteiger partial charge in [0, 0.05) is 96.4 Å². The molecule has 6 heterocycles. The molecular formula is C42H42Cl2N6O4. The summed E-state index contributed by atoms with van der Waals surface area (Å²) in [6, 6.07) is 16.7. The standard InChI is InChI=1S/C42H42Cl2N6O4/c1-53-39-35-23(9-11-31(35)49-19-41(20-49)17-34(52)45-18-41)15-29(46-39)27-7-3-5-25(37(27)43)26-6-4-8-28(38(26)44)30-16-24-10-12-32(36(24)40(47-30)54-2)50-21-42(22-50)14-13-33(51)48-42/h3-8,15-16,31-32H,9-14,17-22H2,1-2H3,(H,45,52)(H,48,51)/t31?,32-/m1/s1. The van der Waals surface area contributed by atoms with Crippen LogP contribution < -0.4 is 20.1 Å². The maximum atomic E-state index is 11.9. The third-order valence-electron chi connectivity index (χ3n) is 12.9. The number of rotatable bonds is 7. The van der Waals surface area contributed by atoms with Crippen molar-refractivity contribution in [2.24, 2.45) is 5.41 Å². The smallest absolute Gasteiger partial charge is 0.220 e. The number of aromatic nitrogens is 2. The highest BCUT2D eigenvalue weighted by atomic mass is 35.5. The number of aryl methyl sites for hydroxylation is 2. The molecular weight excluding hydrogens is 723 g/mol. The van der Waals surface area contributed by atoms with Crippen molar-refractivity contribution in [1.29, 1.82) is 0 Å². The average Bonchev–Trinajstić information content (AvgIpc) is 3.95. The minimum absolute atomic E-state index is 0.0633. The number of carbonyl (C=O) groups is 2. The van der Waals surface area contributed by atoms with E-state index in [-0.39, 0.29) is 34.9 Å². The van der Waals surface area contributed by atoms with Crippen molar-refractivity contribution in [3.63, 3.8) is 0 Å². The summed E-state index contributed by atoms with van der Waals surface area (Å²) in [5.41, 5.74) is 9.49. The molecule has 6 aliphatic rings. The monoisotopic (exact) mass is 764 g/mol. The fraction of sp³-hybridized carbons (Fsp3) is 0.429. The van der Waals surface area contributed by atoms with Crippen LogP contribution in [0.1, 0.15) is 66.4 Å². The first-order valence-corrected chi connectivity index (χ1v) is 19.7. The van der Waals surface area contributed by atoms with Gasteiger partial charge in [0.05, 0.1) is 41.2 Å². The molecule has 0 saturated carbocycles. The summed E-state index contributed by atoms with van der Waals surface area (Å²) in [4.78, 5) is 38.9. The lowest BCUT2D eigenvalue weighted by atomic mass is 9.77. The van der Waals surface area contributed by atoms with Crippen LogP contribution in [0.2, 0.25) is 10.0 Å². The SMILES string of the molecule is COc1nc(-c2cccc(-c3cccc(-c4cc5c(c(OC)n4)[C@H](N4CC6(CCC(=O)N6)C4)CC5)c3Cl)c2Cl)cc2c1C(N1CC3(CNC(=O)C3)C1)CC2. The van der Waals surface area contributed by atoms with Gasteiger partial charge < -0.3 is 20.1 Å². The van der Waals surface area contributed by atoms with Crippen molar-refractivity contribution in [3.05, 3.63) is 80.8 Å². The minimum Gasteiger partial charge on any atom is -0.481 e. The molecule has 10 nitrogen and oxygen atoms in total. The normalized spacial score (nSPS) is 23.6. The Balaban J connectivity index is 0.937. The van der Waals surface area contributed by atoms with Crippen molar-refractivity contribution in [1.82, 2.24) is 30.4 Å². The molecule has 4 saturated heterocycles. The number of hydrogen-bond acceptors (Lipinski definition) is 8. The minimum atomic E-state index is -0.0755. The molecule has 4 aliphatic heterocycles. The number of nitrogens with one attached hydrogen (secondary N) is 2. The van der Waals surface area contributed by atoms with Crippen LogP contribution in [0.5, 0.6) is 11.8 Å². The molecule has 4 fully saturated rings. The highest BCUT2D eigenvalue weighted by molar-refractivity contribution is 6.39. The molecule has 4 aromatic rings. The molecule has 12 heteroatoms. The van der Waals surface area contributed by atoms with E-state index in [0.29, 0.717) is 34.6 Å². The molecule has 278 valence electrons. The number of hydrogen-bond donors (Lipinski definition) is 2. The van der Waals surface area contributed by atoms with Gasteiger partial charge in [0.15, 0.2) is 0 Å². The average molecular weight is 766 g/mol. The van der Waals surface area contributed by atoms with E-state index in [1.807, 2.05) is 36.4 Å². The number of amides is 2. The topological polar surface area (TPSA) is 109 Å². The molecule has 2 spiro atoms. The number of pyridine rings is 2. The molecule has 10 rings (SSSR count). The summed E-state index contributed by atoms with van der Waals surface area (Å²) in [7, 11) is 3.36. The van der Waals surface area contributed by atoms with E-state index in [1.54, 1.807) is 14.2 Å². The van der Waals surface area contributed by atoms with Gasteiger partial charge in [0.25, 0.3) is 0 Å². The molecule has 2 aliphatic carbocycles. The molecule has 2 aromatic heterocycles. The lowest BCUT2D eigenvalue weighted by Gasteiger charge is -2.50. The quantitative estimate of drug-likeness (QED) is 0.218. The van der Waals surface area contributed by atoms with Gasteiger partial charge in [-0.3, -0.25) is 19.4 Å². The molecule has 0 radical (unpaired) electrons. The Morgan fingerprint density at radius 2 is 1.24 bits per heavy atom. The van der Waals surface area contributed by atoms with E-state index >= 15 is 0 Å². The molecule has 2 aromatic carbocycles. The van der Waals surface area contributed by atoms with Gasteiger partial charge in [-0.15, -0.1) is 0 Å².